The molecule has 0 aromatic carbocycles. The molecule has 2 heterocycles. The van der Waals surface area contributed by atoms with Gasteiger partial charge in [-0.15, -0.1) is 0 Å². The molecule has 0 unspecified atom stereocenters. The minimum absolute atomic E-state index is 0.263. The molecule has 0 radical (unpaired) electrons. The highest BCUT2D eigenvalue weighted by Gasteiger charge is 2.29. The first-order chi connectivity index (χ1) is 9.51. The molecule has 5 nitrogen and oxygen atoms in total. The van der Waals surface area contributed by atoms with Crippen molar-refractivity contribution in [2.24, 2.45) is 0 Å². The molecule has 0 aromatic heterocycles. The largest absolute Gasteiger partial charge is 0.311 e. The Morgan fingerprint density at radius 1 is 1.10 bits per heavy atom. The van der Waals surface area contributed by atoms with E-state index in [1.165, 1.54) is 0 Å². The first-order valence-corrected chi connectivity index (χ1v) is 10.7. The Balaban J connectivity index is 1.75. The topological polar surface area (TPSA) is 66.5 Å². The third-order valence-electron chi connectivity index (χ3n) is 4.17. The minimum atomic E-state index is -3.03. The molecule has 1 N–H and O–H groups in total. The fraction of sp³-hybridized carbons (Fsp3) is 1.00. The van der Waals surface area contributed by atoms with E-state index >= 15 is 0 Å². The Kier molecular flexibility index (Phi) is 6.01. The molecule has 0 amide bonds. The summed E-state index contributed by atoms with van der Waals surface area (Å²) in [5, 5.41) is 3.63. The fourth-order valence-corrected chi connectivity index (χ4v) is 5.82. The number of rotatable bonds is 5. The first-order valence-electron chi connectivity index (χ1n) is 7.60. The molecular formula is C13H26N2O3S2. The Labute approximate surface area is 125 Å². The van der Waals surface area contributed by atoms with E-state index in [0.717, 1.165) is 37.2 Å². The van der Waals surface area contributed by atoms with Crippen LogP contribution in [-0.2, 0) is 20.8 Å². The van der Waals surface area contributed by atoms with E-state index in [9.17, 15) is 12.6 Å². The van der Waals surface area contributed by atoms with Crippen LogP contribution >= 0.6 is 0 Å². The minimum Gasteiger partial charge on any atom is -0.311 e. The predicted octanol–water partition coefficient (Wildman–Crippen LogP) is 0.691. The van der Waals surface area contributed by atoms with Crippen LogP contribution in [0.3, 0.4) is 0 Å². The maximum absolute atomic E-state index is 12.0. The molecule has 118 valence electrons. The lowest BCUT2D eigenvalue weighted by atomic mass is 10.0. The molecule has 20 heavy (non-hydrogen) atoms. The second kappa shape index (κ2) is 7.33. The van der Waals surface area contributed by atoms with Gasteiger partial charge in [-0.25, -0.2) is 12.7 Å². The van der Waals surface area contributed by atoms with Crippen molar-refractivity contribution in [1.82, 2.24) is 9.62 Å². The summed E-state index contributed by atoms with van der Waals surface area (Å²) < 4.78 is 36.9. The molecule has 2 rings (SSSR count). The van der Waals surface area contributed by atoms with Gasteiger partial charge in [0.25, 0.3) is 0 Å². The molecule has 2 aliphatic rings. The second-order valence-electron chi connectivity index (χ2n) is 5.78. The summed E-state index contributed by atoms with van der Waals surface area (Å²) in [7, 11) is -3.65. The molecule has 2 aliphatic heterocycles. The summed E-state index contributed by atoms with van der Waals surface area (Å²) in [6, 6.07) is 0.885. The number of nitrogens with one attached hydrogen (secondary N) is 1. The van der Waals surface area contributed by atoms with E-state index in [0.29, 0.717) is 31.6 Å². The molecule has 0 aliphatic carbocycles. The Morgan fingerprint density at radius 3 is 2.20 bits per heavy atom. The molecule has 0 aromatic rings. The van der Waals surface area contributed by atoms with Crippen molar-refractivity contribution in [3.05, 3.63) is 0 Å². The van der Waals surface area contributed by atoms with E-state index in [2.05, 4.69) is 5.32 Å². The van der Waals surface area contributed by atoms with Gasteiger partial charge in [0.1, 0.15) is 0 Å². The molecule has 0 spiro atoms. The smallest absolute Gasteiger partial charge is 0.214 e. The Bertz CT molecular complexity index is 421. The van der Waals surface area contributed by atoms with Crippen LogP contribution in [0.15, 0.2) is 0 Å². The summed E-state index contributed by atoms with van der Waals surface area (Å²) in [6.45, 7) is 3.18. The van der Waals surface area contributed by atoms with E-state index in [-0.39, 0.29) is 5.75 Å². The van der Waals surface area contributed by atoms with Gasteiger partial charge in [0, 0.05) is 47.5 Å². The number of nitrogens with zero attached hydrogens (tertiary/aromatic N) is 1. The van der Waals surface area contributed by atoms with Crippen molar-refractivity contribution in [2.75, 3.05) is 30.3 Å². The van der Waals surface area contributed by atoms with Gasteiger partial charge in [0.2, 0.25) is 10.0 Å². The van der Waals surface area contributed by atoms with Crippen LogP contribution in [0.4, 0.5) is 0 Å². The third-order valence-corrected chi connectivity index (χ3v) is 7.63. The lowest BCUT2D eigenvalue weighted by Gasteiger charge is -2.34. The molecule has 2 saturated heterocycles. The number of sulfonamides is 1. The summed E-state index contributed by atoms with van der Waals surface area (Å²) in [4.78, 5) is 0. The molecule has 7 heteroatoms. The van der Waals surface area contributed by atoms with Gasteiger partial charge in [-0.1, -0.05) is 6.92 Å². The average molecular weight is 322 g/mol. The monoisotopic (exact) mass is 322 g/mol. The maximum atomic E-state index is 12.0. The van der Waals surface area contributed by atoms with E-state index < -0.39 is 20.8 Å². The molecule has 2 fully saturated rings. The van der Waals surface area contributed by atoms with Crippen molar-refractivity contribution < 1.29 is 12.6 Å². The maximum Gasteiger partial charge on any atom is 0.214 e. The molecule has 0 saturated carbocycles. The van der Waals surface area contributed by atoms with Crippen LogP contribution in [0.5, 0.6) is 0 Å². The normalized spacial score (nSPS) is 30.4. The highest BCUT2D eigenvalue weighted by atomic mass is 32.2. The van der Waals surface area contributed by atoms with E-state index in [1.807, 2.05) is 6.92 Å². The third kappa shape index (κ3) is 4.51. The van der Waals surface area contributed by atoms with Gasteiger partial charge in [0.05, 0.1) is 5.75 Å². The lowest BCUT2D eigenvalue weighted by molar-refractivity contribution is 0.268. The molecule has 0 atom stereocenters. The van der Waals surface area contributed by atoms with Gasteiger partial charge >= 0.3 is 0 Å². The van der Waals surface area contributed by atoms with Gasteiger partial charge in [0.15, 0.2) is 0 Å². The van der Waals surface area contributed by atoms with Crippen LogP contribution in [0.25, 0.3) is 0 Å². The number of hydrogen-bond acceptors (Lipinski definition) is 4. The zero-order chi connectivity index (χ0) is 14.6. The van der Waals surface area contributed by atoms with E-state index in [4.69, 9.17) is 0 Å². The van der Waals surface area contributed by atoms with Crippen molar-refractivity contribution in [2.45, 2.75) is 51.1 Å². The lowest BCUT2D eigenvalue weighted by Crippen LogP contribution is -2.49. The second-order valence-corrected chi connectivity index (χ2v) is 9.56. The van der Waals surface area contributed by atoms with Crippen molar-refractivity contribution >= 4 is 20.8 Å². The van der Waals surface area contributed by atoms with Crippen molar-refractivity contribution in [3.8, 4) is 0 Å². The fourth-order valence-electron chi connectivity index (χ4n) is 2.98. The zero-order valence-electron chi connectivity index (χ0n) is 12.2. The van der Waals surface area contributed by atoms with Crippen molar-refractivity contribution in [3.63, 3.8) is 0 Å². The van der Waals surface area contributed by atoms with Crippen LogP contribution < -0.4 is 5.32 Å². The summed E-state index contributed by atoms with van der Waals surface area (Å²) >= 11 is 0. The van der Waals surface area contributed by atoms with Gasteiger partial charge < -0.3 is 5.32 Å². The standard InChI is InChI=1S/C13H26N2O3S2/c1-2-11-20(17,18)15-7-3-12(4-8-15)14-13-5-9-19(16)10-6-13/h12-14H,2-11H2,1H3. The number of piperidine rings is 1. The first kappa shape index (κ1) is 16.4. The molecular weight excluding hydrogens is 296 g/mol. The zero-order valence-corrected chi connectivity index (χ0v) is 13.8. The SMILES string of the molecule is CCCS(=O)(=O)N1CCC(NC2CCS(=O)CC2)CC1. The highest BCUT2D eigenvalue weighted by Crippen LogP contribution is 2.18. The van der Waals surface area contributed by atoms with Gasteiger partial charge in [-0.05, 0) is 32.1 Å². The van der Waals surface area contributed by atoms with Crippen molar-refractivity contribution in [1.29, 1.82) is 0 Å². The van der Waals surface area contributed by atoms with Crippen LogP contribution in [0.2, 0.25) is 0 Å². The van der Waals surface area contributed by atoms with Crippen LogP contribution in [0.1, 0.15) is 39.0 Å². The summed E-state index contributed by atoms with van der Waals surface area (Å²) in [5.74, 6) is 1.88. The Morgan fingerprint density at radius 2 is 1.65 bits per heavy atom. The van der Waals surface area contributed by atoms with Crippen LogP contribution in [-0.4, -0.2) is 59.4 Å². The number of hydrogen-bond donors (Lipinski definition) is 1. The summed E-state index contributed by atoms with van der Waals surface area (Å²) in [6.07, 6.45) is 4.44. The average Bonchev–Trinajstić information content (AvgIpc) is 2.42. The van der Waals surface area contributed by atoms with E-state index in [1.54, 1.807) is 4.31 Å². The van der Waals surface area contributed by atoms with Gasteiger partial charge in [-0.3, -0.25) is 4.21 Å². The summed E-state index contributed by atoms with van der Waals surface area (Å²) in [5.41, 5.74) is 0. The highest BCUT2D eigenvalue weighted by molar-refractivity contribution is 7.89. The predicted molar refractivity (Wildman–Crippen MR) is 82.7 cm³/mol. The Hall–Kier alpha value is 0.0200. The van der Waals surface area contributed by atoms with Crippen LogP contribution in [0, 0.1) is 0 Å². The van der Waals surface area contributed by atoms with Gasteiger partial charge in [-0.2, -0.15) is 0 Å². The quantitative estimate of drug-likeness (QED) is 0.809. The molecule has 0 bridgehead atoms.